The molecular weight excluding hydrogens is 452 g/mol. The predicted octanol–water partition coefficient (Wildman–Crippen LogP) is 3.49. The van der Waals surface area contributed by atoms with Crippen LogP contribution in [0.4, 0.5) is 5.69 Å². The van der Waals surface area contributed by atoms with Crippen LogP contribution in [0.1, 0.15) is 0 Å². The van der Waals surface area contributed by atoms with Crippen molar-refractivity contribution in [2.24, 2.45) is 0 Å². The Morgan fingerprint density at radius 1 is 0.969 bits per heavy atom. The molecule has 3 aromatic carbocycles. The number of sulfonamides is 1. The first-order valence-electron chi connectivity index (χ1n) is 9.92. The van der Waals surface area contributed by atoms with Crippen LogP contribution in [0.25, 0.3) is 0 Å². The van der Waals surface area contributed by atoms with Gasteiger partial charge < -0.3 is 14.8 Å². The van der Waals surface area contributed by atoms with Gasteiger partial charge in [0.25, 0.3) is 10.0 Å². The summed E-state index contributed by atoms with van der Waals surface area (Å²) in [7, 11) is -4.02. The Morgan fingerprint density at radius 2 is 1.62 bits per heavy atom. The Labute approximate surface area is 191 Å². The van der Waals surface area contributed by atoms with Crippen molar-refractivity contribution in [1.82, 2.24) is 5.32 Å². The number of nitrogens with one attached hydrogen (secondary N) is 1. The van der Waals surface area contributed by atoms with Gasteiger partial charge in [-0.2, -0.15) is 0 Å². The van der Waals surface area contributed by atoms with Crippen LogP contribution >= 0.6 is 11.6 Å². The number of carbonyl (C=O) groups excluding carboxylic acids is 1. The molecule has 0 radical (unpaired) electrons. The van der Waals surface area contributed by atoms with Gasteiger partial charge in [-0.3, -0.25) is 9.10 Å². The lowest BCUT2D eigenvalue weighted by Crippen LogP contribution is -2.45. The lowest BCUT2D eigenvalue weighted by atomic mass is 10.2. The van der Waals surface area contributed by atoms with Crippen LogP contribution in [0, 0.1) is 0 Å². The van der Waals surface area contributed by atoms with E-state index in [2.05, 4.69) is 5.32 Å². The van der Waals surface area contributed by atoms with Crippen LogP contribution < -0.4 is 19.1 Å². The molecule has 1 heterocycles. The van der Waals surface area contributed by atoms with E-state index in [4.69, 9.17) is 21.1 Å². The fourth-order valence-corrected chi connectivity index (χ4v) is 5.00. The van der Waals surface area contributed by atoms with Crippen molar-refractivity contribution in [3.63, 3.8) is 0 Å². The second-order valence-corrected chi connectivity index (χ2v) is 9.35. The maximum atomic E-state index is 13.3. The Kier molecular flexibility index (Phi) is 6.53. The number of hydrogen-bond donors (Lipinski definition) is 1. The second kappa shape index (κ2) is 9.50. The van der Waals surface area contributed by atoms with Gasteiger partial charge in [-0.05, 0) is 36.4 Å². The van der Waals surface area contributed by atoms with Gasteiger partial charge in [-0.25, -0.2) is 8.42 Å². The maximum Gasteiger partial charge on any atom is 0.264 e. The summed E-state index contributed by atoms with van der Waals surface area (Å²) >= 11 is 6.27. The van der Waals surface area contributed by atoms with Gasteiger partial charge in [-0.15, -0.1) is 0 Å². The van der Waals surface area contributed by atoms with E-state index in [1.165, 1.54) is 12.1 Å². The number of ether oxygens (including phenoxy) is 2. The van der Waals surface area contributed by atoms with E-state index in [1.54, 1.807) is 54.6 Å². The first-order chi connectivity index (χ1) is 15.4. The van der Waals surface area contributed by atoms with Crippen molar-refractivity contribution in [2.75, 3.05) is 24.0 Å². The molecule has 0 saturated heterocycles. The van der Waals surface area contributed by atoms with E-state index in [0.717, 1.165) is 4.31 Å². The van der Waals surface area contributed by atoms with Gasteiger partial charge >= 0.3 is 0 Å². The van der Waals surface area contributed by atoms with Crippen molar-refractivity contribution in [2.45, 2.75) is 11.0 Å². The van der Waals surface area contributed by atoms with E-state index >= 15 is 0 Å². The highest BCUT2D eigenvalue weighted by Crippen LogP contribution is 2.31. The average Bonchev–Trinajstić information content (AvgIpc) is 2.82. The van der Waals surface area contributed by atoms with Gasteiger partial charge in [0.1, 0.15) is 19.3 Å². The summed E-state index contributed by atoms with van der Waals surface area (Å²) in [6.07, 6.45) is -0.395. The minimum absolute atomic E-state index is 0.0633. The van der Waals surface area contributed by atoms with E-state index in [9.17, 15) is 13.2 Å². The standard InChI is InChI=1S/C23H21ClN2O5S/c24-19-10-4-5-11-20(19)26(32(28,29)18-8-2-1-3-9-18)15-23(27)25-14-17-16-30-21-12-6-7-13-22(21)31-17/h1-13,17H,14-16H2,(H,25,27)/t17-/m0/s1. The monoisotopic (exact) mass is 472 g/mol. The number of carbonyl (C=O) groups is 1. The smallest absolute Gasteiger partial charge is 0.264 e. The number of para-hydroxylation sites is 3. The molecule has 166 valence electrons. The molecule has 7 nitrogen and oxygen atoms in total. The Bertz CT molecular complexity index is 1200. The minimum Gasteiger partial charge on any atom is -0.486 e. The average molecular weight is 473 g/mol. The molecule has 0 aromatic heterocycles. The van der Waals surface area contributed by atoms with Crippen molar-refractivity contribution < 1.29 is 22.7 Å². The Balaban J connectivity index is 1.49. The zero-order valence-corrected chi connectivity index (χ0v) is 18.6. The van der Waals surface area contributed by atoms with Crippen molar-refractivity contribution in [3.05, 3.63) is 83.9 Å². The third-order valence-corrected chi connectivity index (χ3v) is 6.93. The zero-order valence-electron chi connectivity index (χ0n) is 17.0. The van der Waals surface area contributed by atoms with Gasteiger partial charge in [0.2, 0.25) is 5.91 Å². The zero-order chi connectivity index (χ0) is 22.6. The summed E-state index contributed by atoms with van der Waals surface area (Å²) in [5, 5.41) is 2.96. The highest BCUT2D eigenvalue weighted by molar-refractivity contribution is 7.92. The number of rotatable bonds is 7. The summed E-state index contributed by atoms with van der Waals surface area (Å²) in [5.41, 5.74) is 0.222. The van der Waals surface area contributed by atoms with Crippen LogP contribution in [0.5, 0.6) is 11.5 Å². The van der Waals surface area contributed by atoms with Crippen molar-refractivity contribution >= 4 is 33.2 Å². The topological polar surface area (TPSA) is 84.9 Å². The lowest BCUT2D eigenvalue weighted by Gasteiger charge is -2.28. The summed E-state index contributed by atoms with van der Waals surface area (Å²) in [6.45, 7) is -0.00608. The molecular formula is C23H21ClN2O5S. The Morgan fingerprint density at radius 3 is 2.38 bits per heavy atom. The first kappa shape index (κ1) is 22.0. The number of nitrogens with zero attached hydrogens (tertiary/aromatic N) is 1. The quantitative estimate of drug-likeness (QED) is 0.569. The fraction of sp³-hybridized carbons (Fsp3) is 0.174. The van der Waals surface area contributed by atoms with E-state index in [1.807, 2.05) is 12.1 Å². The highest BCUT2D eigenvalue weighted by atomic mass is 35.5. The molecule has 0 fully saturated rings. The molecule has 32 heavy (non-hydrogen) atoms. The van der Waals surface area contributed by atoms with E-state index in [-0.39, 0.29) is 28.8 Å². The summed E-state index contributed by atoms with van der Waals surface area (Å²) in [4.78, 5) is 12.8. The van der Waals surface area contributed by atoms with Crippen LogP contribution in [0.15, 0.2) is 83.8 Å². The number of amides is 1. The fourth-order valence-electron chi connectivity index (χ4n) is 3.25. The molecule has 0 unspecified atom stereocenters. The minimum atomic E-state index is -4.02. The molecule has 0 spiro atoms. The lowest BCUT2D eigenvalue weighted by molar-refractivity contribution is -0.120. The molecule has 0 saturated carbocycles. The van der Waals surface area contributed by atoms with Crippen molar-refractivity contribution in [3.8, 4) is 11.5 Å². The molecule has 4 rings (SSSR count). The summed E-state index contributed by atoms with van der Waals surface area (Å²) in [5.74, 6) is 0.753. The number of hydrogen-bond acceptors (Lipinski definition) is 5. The number of halogens is 1. The molecule has 1 atom stereocenters. The molecule has 3 aromatic rings. The van der Waals surface area contributed by atoms with Crippen LogP contribution in [0.3, 0.4) is 0 Å². The second-order valence-electron chi connectivity index (χ2n) is 7.08. The Hall–Kier alpha value is -3.23. The third kappa shape index (κ3) is 4.81. The maximum absolute atomic E-state index is 13.3. The molecule has 1 amide bonds. The largest absolute Gasteiger partial charge is 0.486 e. The molecule has 0 aliphatic carbocycles. The van der Waals surface area contributed by atoms with Crippen LogP contribution in [0.2, 0.25) is 5.02 Å². The first-order valence-corrected chi connectivity index (χ1v) is 11.7. The number of benzene rings is 3. The predicted molar refractivity (Wildman–Crippen MR) is 122 cm³/mol. The van der Waals surface area contributed by atoms with E-state index in [0.29, 0.717) is 11.5 Å². The number of anilines is 1. The third-order valence-electron chi connectivity index (χ3n) is 4.83. The van der Waals surface area contributed by atoms with Crippen LogP contribution in [-0.2, 0) is 14.8 Å². The SMILES string of the molecule is O=C(CN(c1ccccc1Cl)S(=O)(=O)c1ccccc1)NC[C@H]1COc2ccccc2O1. The molecule has 9 heteroatoms. The van der Waals surface area contributed by atoms with Gasteiger partial charge in [0.05, 0.1) is 22.2 Å². The molecule has 1 aliphatic rings. The van der Waals surface area contributed by atoms with Gasteiger partial charge in [0.15, 0.2) is 11.5 Å². The van der Waals surface area contributed by atoms with E-state index < -0.39 is 28.6 Å². The van der Waals surface area contributed by atoms with Crippen molar-refractivity contribution in [1.29, 1.82) is 0 Å². The number of fused-ring (bicyclic) bond motifs is 1. The van der Waals surface area contributed by atoms with Gasteiger partial charge in [-0.1, -0.05) is 54.1 Å². The normalized spacial score (nSPS) is 15.1. The van der Waals surface area contributed by atoms with Crippen LogP contribution in [-0.4, -0.2) is 40.1 Å². The summed E-state index contributed by atoms with van der Waals surface area (Å²) in [6, 6.07) is 21.7. The highest BCUT2D eigenvalue weighted by Gasteiger charge is 2.29. The molecule has 0 bridgehead atoms. The summed E-state index contributed by atoms with van der Waals surface area (Å²) < 4.78 is 39.1. The molecule has 1 N–H and O–H groups in total. The molecule has 1 aliphatic heterocycles. The van der Waals surface area contributed by atoms with Gasteiger partial charge in [0, 0.05) is 0 Å².